The lowest BCUT2D eigenvalue weighted by molar-refractivity contribution is 0.252. The first-order valence-electron chi connectivity index (χ1n) is 7.30. The number of hydrogen-bond acceptors (Lipinski definition) is 3. The molecule has 0 radical (unpaired) electrons. The molecule has 0 aliphatic carbocycles. The van der Waals surface area contributed by atoms with Crippen LogP contribution >= 0.6 is 0 Å². The van der Waals surface area contributed by atoms with Gasteiger partial charge in [0.25, 0.3) is 0 Å². The minimum atomic E-state index is 0.281. The highest BCUT2D eigenvalue weighted by Crippen LogP contribution is 2.30. The molecule has 1 N–H and O–H groups in total. The summed E-state index contributed by atoms with van der Waals surface area (Å²) in [6.07, 6.45) is 4.81. The van der Waals surface area contributed by atoms with Gasteiger partial charge in [-0.05, 0) is 32.0 Å². The number of unbranched alkanes of at least 4 members (excludes halogenated alkanes) is 2. The summed E-state index contributed by atoms with van der Waals surface area (Å²) in [5.74, 6) is 0.839. The van der Waals surface area contributed by atoms with Crippen molar-refractivity contribution in [1.29, 1.82) is 0 Å². The number of methoxy groups -OCH3 is 1. The number of benzene rings is 1. The standard InChI is InChI=1S/C16H27NO2/c1-4-6-11-17(12-7-5-2)13-14-9-8-10-15(19-3)16(14)18/h8-10,18H,4-7,11-13H2,1-3H3. The molecule has 0 amide bonds. The lowest BCUT2D eigenvalue weighted by Crippen LogP contribution is -2.25. The van der Waals surface area contributed by atoms with Gasteiger partial charge in [0.15, 0.2) is 11.5 Å². The van der Waals surface area contributed by atoms with E-state index in [1.54, 1.807) is 13.2 Å². The van der Waals surface area contributed by atoms with Gasteiger partial charge >= 0.3 is 0 Å². The largest absolute Gasteiger partial charge is 0.504 e. The summed E-state index contributed by atoms with van der Waals surface area (Å²) in [4.78, 5) is 2.42. The van der Waals surface area contributed by atoms with E-state index in [-0.39, 0.29) is 5.75 Å². The van der Waals surface area contributed by atoms with Crippen LogP contribution in [0.5, 0.6) is 11.5 Å². The maximum atomic E-state index is 10.1. The van der Waals surface area contributed by atoms with Gasteiger partial charge in [0, 0.05) is 12.1 Å². The third-order valence-electron chi connectivity index (χ3n) is 3.35. The molecule has 0 aliphatic heterocycles. The second-order valence-electron chi connectivity index (χ2n) is 4.95. The van der Waals surface area contributed by atoms with E-state index in [2.05, 4.69) is 18.7 Å². The molecule has 108 valence electrons. The van der Waals surface area contributed by atoms with Crippen LogP contribution in [0.2, 0.25) is 0 Å². The fraction of sp³-hybridized carbons (Fsp3) is 0.625. The van der Waals surface area contributed by atoms with Gasteiger partial charge in [0.1, 0.15) is 0 Å². The molecule has 0 saturated heterocycles. The van der Waals surface area contributed by atoms with Crippen LogP contribution in [0.25, 0.3) is 0 Å². The lowest BCUT2D eigenvalue weighted by Gasteiger charge is -2.22. The van der Waals surface area contributed by atoms with Gasteiger partial charge in [-0.25, -0.2) is 0 Å². The normalized spacial score (nSPS) is 10.9. The number of nitrogens with zero attached hydrogens (tertiary/aromatic N) is 1. The topological polar surface area (TPSA) is 32.7 Å². The van der Waals surface area contributed by atoms with Gasteiger partial charge in [-0.15, -0.1) is 0 Å². The third-order valence-corrected chi connectivity index (χ3v) is 3.35. The second-order valence-corrected chi connectivity index (χ2v) is 4.95. The second kappa shape index (κ2) is 8.81. The molecule has 1 aromatic carbocycles. The van der Waals surface area contributed by atoms with Crippen molar-refractivity contribution < 1.29 is 9.84 Å². The molecule has 0 aromatic heterocycles. The fourth-order valence-electron chi connectivity index (χ4n) is 2.13. The van der Waals surface area contributed by atoms with Crippen LogP contribution in [-0.2, 0) is 6.54 Å². The van der Waals surface area contributed by atoms with Crippen LogP contribution in [0.4, 0.5) is 0 Å². The third kappa shape index (κ3) is 5.11. The predicted octanol–water partition coefficient (Wildman–Crippen LogP) is 3.80. The number of phenols is 1. The van der Waals surface area contributed by atoms with E-state index in [1.165, 1.54) is 25.7 Å². The summed E-state index contributed by atoms with van der Waals surface area (Å²) < 4.78 is 5.16. The van der Waals surface area contributed by atoms with E-state index in [0.717, 1.165) is 25.2 Å². The number of hydrogen-bond donors (Lipinski definition) is 1. The minimum absolute atomic E-state index is 0.281. The highest BCUT2D eigenvalue weighted by atomic mass is 16.5. The van der Waals surface area contributed by atoms with Crippen LogP contribution in [0.3, 0.4) is 0 Å². The van der Waals surface area contributed by atoms with E-state index < -0.39 is 0 Å². The molecule has 3 nitrogen and oxygen atoms in total. The molecular weight excluding hydrogens is 238 g/mol. The molecule has 0 saturated carbocycles. The summed E-state index contributed by atoms with van der Waals surface area (Å²) in [5.41, 5.74) is 0.951. The number of ether oxygens (including phenoxy) is 1. The maximum absolute atomic E-state index is 10.1. The molecule has 1 rings (SSSR count). The Bertz CT molecular complexity index is 358. The molecular formula is C16H27NO2. The maximum Gasteiger partial charge on any atom is 0.162 e. The van der Waals surface area contributed by atoms with Crippen LogP contribution in [-0.4, -0.2) is 30.2 Å². The highest BCUT2D eigenvalue weighted by Gasteiger charge is 2.11. The van der Waals surface area contributed by atoms with Gasteiger partial charge in [0.2, 0.25) is 0 Å². The number of phenolic OH excluding ortho intramolecular Hbond substituents is 1. The predicted molar refractivity (Wildman–Crippen MR) is 79.8 cm³/mol. The van der Waals surface area contributed by atoms with Crippen LogP contribution in [0.15, 0.2) is 18.2 Å². The summed E-state index contributed by atoms with van der Waals surface area (Å²) in [6.45, 7) is 7.39. The zero-order valence-corrected chi connectivity index (χ0v) is 12.5. The Morgan fingerprint density at radius 1 is 1.11 bits per heavy atom. The monoisotopic (exact) mass is 265 g/mol. The Hall–Kier alpha value is -1.22. The molecule has 0 fully saturated rings. The smallest absolute Gasteiger partial charge is 0.162 e. The Morgan fingerprint density at radius 3 is 2.26 bits per heavy atom. The Labute approximate surface area is 117 Å². The van der Waals surface area contributed by atoms with E-state index in [9.17, 15) is 5.11 Å². The SMILES string of the molecule is CCCCN(CCCC)Cc1cccc(OC)c1O. The summed E-state index contributed by atoms with van der Waals surface area (Å²) in [6, 6.07) is 5.70. The fourth-order valence-corrected chi connectivity index (χ4v) is 2.13. The Balaban J connectivity index is 2.71. The van der Waals surface area contributed by atoms with E-state index in [4.69, 9.17) is 4.74 Å². The zero-order valence-electron chi connectivity index (χ0n) is 12.5. The molecule has 0 unspecified atom stereocenters. The van der Waals surface area contributed by atoms with Crippen molar-refractivity contribution in [2.24, 2.45) is 0 Å². The Kier molecular flexibility index (Phi) is 7.34. The van der Waals surface area contributed by atoms with Crippen molar-refractivity contribution in [2.75, 3.05) is 20.2 Å². The number of rotatable bonds is 9. The van der Waals surface area contributed by atoms with E-state index in [0.29, 0.717) is 5.75 Å². The van der Waals surface area contributed by atoms with Crippen LogP contribution in [0, 0.1) is 0 Å². The molecule has 0 spiro atoms. The summed E-state index contributed by atoms with van der Waals surface area (Å²) in [5, 5.41) is 10.1. The molecule has 3 heteroatoms. The van der Waals surface area contributed by atoms with Gasteiger partial charge in [0.05, 0.1) is 7.11 Å². The summed E-state index contributed by atoms with van der Waals surface area (Å²) in [7, 11) is 1.59. The summed E-state index contributed by atoms with van der Waals surface area (Å²) >= 11 is 0. The molecule has 0 bridgehead atoms. The van der Waals surface area contributed by atoms with E-state index in [1.807, 2.05) is 12.1 Å². The first kappa shape index (κ1) is 15.8. The van der Waals surface area contributed by atoms with Crippen molar-refractivity contribution in [2.45, 2.75) is 46.1 Å². The average molecular weight is 265 g/mol. The number of para-hydroxylation sites is 1. The van der Waals surface area contributed by atoms with Gasteiger partial charge in [-0.2, -0.15) is 0 Å². The highest BCUT2D eigenvalue weighted by molar-refractivity contribution is 5.45. The van der Waals surface area contributed by atoms with Crippen molar-refractivity contribution >= 4 is 0 Å². The zero-order chi connectivity index (χ0) is 14.1. The first-order chi connectivity index (χ1) is 9.22. The van der Waals surface area contributed by atoms with Crippen LogP contribution in [0.1, 0.15) is 45.1 Å². The first-order valence-corrected chi connectivity index (χ1v) is 7.30. The Morgan fingerprint density at radius 2 is 1.74 bits per heavy atom. The van der Waals surface area contributed by atoms with Gasteiger partial charge in [-0.1, -0.05) is 38.8 Å². The quantitative estimate of drug-likeness (QED) is 0.737. The van der Waals surface area contributed by atoms with Crippen molar-refractivity contribution in [3.05, 3.63) is 23.8 Å². The van der Waals surface area contributed by atoms with Crippen molar-refractivity contribution in [1.82, 2.24) is 4.90 Å². The van der Waals surface area contributed by atoms with Gasteiger partial charge < -0.3 is 9.84 Å². The van der Waals surface area contributed by atoms with Gasteiger partial charge in [-0.3, -0.25) is 4.90 Å². The molecule has 19 heavy (non-hydrogen) atoms. The van der Waals surface area contributed by atoms with Crippen molar-refractivity contribution in [3.63, 3.8) is 0 Å². The molecule has 1 aromatic rings. The average Bonchev–Trinajstić information content (AvgIpc) is 2.43. The van der Waals surface area contributed by atoms with Crippen molar-refractivity contribution in [3.8, 4) is 11.5 Å². The molecule has 0 heterocycles. The van der Waals surface area contributed by atoms with E-state index >= 15 is 0 Å². The number of aromatic hydroxyl groups is 1. The van der Waals surface area contributed by atoms with Crippen LogP contribution < -0.4 is 4.74 Å². The minimum Gasteiger partial charge on any atom is -0.504 e. The lowest BCUT2D eigenvalue weighted by atomic mass is 10.1. The molecule has 0 atom stereocenters. The molecule has 0 aliphatic rings.